The number of halogens is 1. The third-order valence-corrected chi connectivity index (χ3v) is 8.48. The monoisotopic (exact) mass is 505 g/mol. The van der Waals surface area contributed by atoms with Gasteiger partial charge in [-0.1, -0.05) is 54.1 Å². The molecule has 2 aromatic carbocycles. The highest BCUT2D eigenvalue weighted by molar-refractivity contribution is 6.31. The van der Waals surface area contributed by atoms with Crippen LogP contribution >= 0.6 is 11.6 Å². The van der Waals surface area contributed by atoms with E-state index in [1.165, 1.54) is 5.56 Å². The van der Waals surface area contributed by atoms with E-state index >= 15 is 0 Å². The molecule has 36 heavy (non-hydrogen) atoms. The number of amides is 3. The average Bonchev–Trinajstić information content (AvgIpc) is 2.90. The Kier molecular flexibility index (Phi) is 6.51. The molecule has 4 aliphatic rings. The summed E-state index contributed by atoms with van der Waals surface area (Å²) in [5.74, 6) is -0.677. The number of fused-ring (bicyclic) bond motifs is 3. The molecule has 2 aromatic rings. The minimum Gasteiger partial charge on any atom is -0.398 e. The predicted octanol–water partition coefficient (Wildman–Crippen LogP) is 4.01. The smallest absolute Gasteiger partial charge is 0.318 e. The molecule has 3 aliphatic carbocycles. The van der Waals surface area contributed by atoms with Gasteiger partial charge in [0.1, 0.15) is 0 Å². The highest BCUT2D eigenvalue weighted by atomic mass is 35.5. The van der Waals surface area contributed by atoms with Gasteiger partial charge in [-0.25, -0.2) is 4.79 Å². The molecule has 3 saturated carbocycles. The number of nitrogens with two attached hydrogens (primary N) is 2. The van der Waals surface area contributed by atoms with Gasteiger partial charge in [-0.3, -0.25) is 9.79 Å². The standard InChI is InChI=1S/C28H32ClN5O2/c29-21-8-4-5-19(17-21)24(30)23(25(31)35)22-18-34(16-15-32-22)26(36)33-28-12-9-27(10-13-28,11-14-28)20-6-2-1-3-7-20/h1-8,17H,9-16,18,30H2,(H2,31,35)(H,33,36). The van der Waals surface area contributed by atoms with Gasteiger partial charge in [0.15, 0.2) is 0 Å². The van der Waals surface area contributed by atoms with Gasteiger partial charge in [0.05, 0.1) is 30.1 Å². The number of carbonyl (C=O) groups excluding carboxylic acids is 2. The van der Waals surface area contributed by atoms with Gasteiger partial charge >= 0.3 is 6.03 Å². The van der Waals surface area contributed by atoms with E-state index in [1.807, 2.05) is 0 Å². The van der Waals surface area contributed by atoms with Crippen molar-refractivity contribution in [1.29, 1.82) is 0 Å². The van der Waals surface area contributed by atoms with E-state index in [2.05, 4.69) is 40.6 Å². The molecule has 0 aromatic heterocycles. The molecule has 0 saturated heterocycles. The Morgan fingerprint density at radius 1 is 0.944 bits per heavy atom. The van der Waals surface area contributed by atoms with Gasteiger partial charge < -0.3 is 21.7 Å². The predicted molar refractivity (Wildman–Crippen MR) is 143 cm³/mol. The number of primary amides is 1. The molecule has 1 aliphatic heterocycles. The first kappa shape index (κ1) is 24.4. The van der Waals surface area contributed by atoms with Crippen LogP contribution in [-0.2, 0) is 10.2 Å². The molecule has 0 spiro atoms. The van der Waals surface area contributed by atoms with E-state index in [-0.39, 0.29) is 34.8 Å². The summed E-state index contributed by atoms with van der Waals surface area (Å²) in [6, 6.07) is 17.6. The molecule has 3 fully saturated rings. The maximum atomic E-state index is 13.4. The van der Waals surface area contributed by atoms with Crippen LogP contribution in [0.25, 0.3) is 5.70 Å². The van der Waals surface area contributed by atoms with Gasteiger partial charge in [0, 0.05) is 17.1 Å². The summed E-state index contributed by atoms with van der Waals surface area (Å²) in [5, 5.41) is 3.87. The molecule has 7 nitrogen and oxygen atoms in total. The van der Waals surface area contributed by atoms with Gasteiger partial charge in [-0.15, -0.1) is 0 Å². The van der Waals surface area contributed by atoms with Crippen molar-refractivity contribution >= 4 is 34.9 Å². The van der Waals surface area contributed by atoms with Crippen LogP contribution in [0.5, 0.6) is 0 Å². The molecule has 6 rings (SSSR count). The zero-order chi connectivity index (χ0) is 25.3. The van der Waals surface area contributed by atoms with Crippen molar-refractivity contribution in [2.45, 2.75) is 49.5 Å². The molecule has 8 heteroatoms. The highest BCUT2D eigenvalue weighted by Gasteiger charge is 2.50. The largest absolute Gasteiger partial charge is 0.398 e. The lowest BCUT2D eigenvalue weighted by Gasteiger charge is -2.54. The van der Waals surface area contributed by atoms with Crippen molar-refractivity contribution in [3.8, 4) is 0 Å². The SMILES string of the molecule is NC(=O)C(C1=NCCN(C(=O)NC23CCC(c4ccccc4)(CC2)CC3)C1)=C(N)c1cccc(Cl)c1. The van der Waals surface area contributed by atoms with E-state index in [0.29, 0.717) is 29.4 Å². The fourth-order valence-electron chi connectivity index (χ4n) is 6.08. The molecular formula is C28H32ClN5O2. The molecule has 5 N–H and O–H groups in total. The van der Waals surface area contributed by atoms with Crippen LogP contribution in [-0.4, -0.2) is 47.7 Å². The first-order valence-corrected chi connectivity index (χ1v) is 12.9. The van der Waals surface area contributed by atoms with Crippen LogP contribution in [0, 0.1) is 0 Å². The van der Waals surface area contributed by atoms with Crippen LogP contribution < -0.4 is 16.8 Å². The van der Waals surface area contributed by atoms with Crippen LogP contribution in [0.1, 0.15) is 49.7 Å². The average molecular weight is 506 g/mol. The minimum absolute atomic E-state index is 0.123. The van der Waals surface area contributed by atoms with E-state index in [9.17, 15) is 9.59 Å². The summed E-state index contributed by atoms with van der Waals surface area (Å²) < 4.78 is 0. The first-order valence-electron chi connectivity index (χ1n) is 12.5. The summed E-state index contributed by atoms with van der Waals surface area (Å²) >= 11 is 6.10. The number of benzene rings is 2. The second kappa shape index (κ2) is 9.62. The Balaban J connectivity index is 1.29. The number of aliphatic imine (C=N–C) groups is 1. The first-order chi connectivity index (χ1) is 17.3. The molecule has 188 valence electrons. The number of hydrogen-bond acceptors (Lipinski definition) is 4. The Morgan fingerprint density at radius 2 is 1.64 bits per heavy atom. The van der Waals surface area contributed by atoms with Crippen molar-refractivity contribution in [1.82, 2.24) is 10.2 Å². The fourth-order valence-corrected chi connectivity index (χ4v) is 6.27. The second-order valence-electron chi connectivity index (χ2n) is 10.3. The quantitative estimate of drug-likeness (QED) is 0.533. The summed E-state index contributed by atoms with van der Waals surface area (Å²) in [5.41, 5.74) is 14.9. The summed E-state index contributed by atoms with van der Waals surface area (Å²) in [6.45, 7) is 1.03. The third-order valence-electron chi connectivity index (χ3n) is 8.24. The lowest BCUT2D eigenvalue weighted by Crippen LogP contribution is -2.61. The molecule has 1 heterocycles. The number of nitrogens with zero attached hydrogens (tertiary/aromatic N) is 2. The lowest BCUT2D eigenvalue weighted by molar-refractivity contribution is -0.114. The maximum absolute atomic E-state index is 13.4. The van der Waals surface area contributed by atoms with Gasteiger partial charge in [0.2, 0.25) is 0 Å². The van der Waals surface area contributed by atoms with Gasteiger partial charge in [0.25, 0.3) is 5.91 Å². The molecule has 3 amide bonds. The minimum atomic E-state index is -0.677. The van der Waals surface area contributed by atoms with Crippen molar-refractivity contribution in [2.75, 3.05) is 19.6 Å². The lowest BCUT2D eigenvalue weighted by atomic mass is 9.55. The van der Waals surface area contributed by atoms with Crippen molar-refractivity contribution in [3.63, 3.8) is 0 Å². The highest BCUT2D eigenvalue weighted by Crippen LogP contribution is 2.53. The summed E-state index contributed by atoms with van der Waals surface area (Å²) in [4.78, 5) is 32.0. The Morgan fingerprint density at radius 3 is 2.28 bits per heavy atom. The second-order valence-corrected chi connectivity index (χ2v) is 10.7. The molecule has 0 unspecified atom stereocenters. The van der Waals surface area contributed by atoms with Crippen molar-refractivity contribution in [2.24, 2.45) is 16.5 Å². The molecule has 0 radical (unpaired) electrons. The van der Waals surface area contributed by atoms with Crippen molar-refractivity contribution < 1.29 is 9.59 Å². The van der Waals surface area contributed by atoms with Crippen LogP contribution in [0.2, 0.25) is 5.02 Å². The number of rotatable bonds is 5. The maximum Gasteiger partial charge on any atom is 0.318 e. The number of hydrogen-bond donors (Lipinski definition) is 3. The molecule has 2 bridgehead atoms. The summed E-state index contributed by atoms with van der Waals surface area (Å²) in [6.07, 6.45) is 6.14. The molecular weight excluding hydrogens is 474 g/mol. The van der Waals surface area contributed by atoms with Gasteiger partial charge in [-0.2, -0.15) is 0 Å². The van der Waals surface area contributed by atoms with E-state index in [4.69, 9.17) is 23.1 Å². The Hall–Kier alpha value is -3.32. The van der Waals surface area contributed by atoms with Gasteiger partial charge in [-0.05, 0) is 67.2 Å². The molecule has 0 atom stereocenters. The van der Waals surface area contributed by atoms with Crippen LogP contribution in [0.4, 0.5) is 4.79 Å². The van der Waals surface area contributed by atoms with Crippen molar-refractivity contribution in [3.05, 3.63) is 76.3 Å². The van der Waals surface area contributed by atoms with Crippen LogP contribution in [0.15, 0.2) is 65.2 Å². The zero-order valence-corrected chi connectivity index (χ0v) is 21.1. The van der Waals surface area contributed by atoms with E-state index in [1.54, 1.807) is 29.2 Å². The van der Waals surface area contributed by atoms with E-state index in [0.717, 1.165) is 38.5 Å². The number of carbonyl (C=O) groups is 2. The van der Waals surface area contributed by atoms with E-state index < -0.39 is 5.91 Å². The number of urea groups is 1. The number of nitrogens with one attached hydrogen (secondary N) is 1. The normalized spacial score (nSPS) is 26.1. The summed E-state index contributed by atoms with van der Waals surface area (Å²) in [7, 11) is 0. The topological polar surface area (TPSA) is 114 Å². The zero-order valence-electron chi connectivity index (χ0n) is 20.3. The Bertz CT molecular complexity index is 1210. The van der Waals surface area contributed by atoms with Crippen LogP contribution in [0.3, 0.4) is 0 Å². The Labute approximate surface area is 216 Å². The third kappa shape index (κ3) is 4.60. The fraction of sp³-hybridized carbons (Fsp3) is 0.393.